The van der Waals surface area contributed by atoms with E-state index < -0.39 is 4.92 Å². The number of ether oxygens (including phenoxy) is 1. The van der Waals surface area contributed by atoms with Gasteiger partial charge in [-0.25, -0.2) is 0 Å². The van der Waals surface area contributed by atoms with Crippen LogP contribution >= 0.6 is 0 Å². The van der Waals surface area contributed by atoms with Crippen molar-refractivity contribution in [3.63, 3.8) is 0 Å². The van der Waals surface area contributed by atoms with Crippen molar-refractivity contribution in [1.29, 1.82) is 0 Å². The Morgan fingerprint density at radius 3 is 1.96 bits per heavy atom. The summed E-state index contributed by atoms with van der Waals surface area (Å²) in [6, 6.07) is 24.7. The third-order valence-electron chi connectivity index (χ3n) is 3.73. The summed E-state index contributed by atoms with van der Waals surface area (Å²) in [6.07, 6.45) is 0.892. The van der Waals surface area contributed by atoms with Crippen molar-refractivity contribution in [3.05, 3.63) is 106 Å². The molecule has 0 amide bonds. The Morgan fingerprint density at radius 2 is 1.33 bits per heavy atom. The smallest absolute Gasteiger partial charge is 0.269 e. The molecule has 24 heavy (non-hydrogen) atoms. The summed E-state index contributed by atoms with van der Waals surface area (Å²) in [4.78, 5) is 10.2. The highest BCUT2D eigenvalue weighted by Gasteiger charge is 2.04. The molecule has 0 saturated carbocycles. The summed E-state index contributed by atoms with van der Waals surface area (Å²) < 4.78 is 5.73. The van der Waals surface area contributed by atoms with Gasteiger partial charge in [0, 0.05) is 12.1 Å². The first-order valence-electron chi connectivity index (χ1n) is 7.70. The minimum absolute atomic E-state index is 0.0871. The average molecular weight is 319 g/mol. The fourth-order valence-electron chi connectivity index (χ4n) is 2.42. The van der Waals surface area contributed by atoms with Crippen LogP contribution in [0.15, 0.2) is 78.9 Å². The number of rotatable bonds is 6. The van der Waals surface area contributed by atoms with Gasteiger partial charge in [-0.2, -0.15) is 0 Å². The second-order valence-corrected chi connectivity index (χ2v) is 5.52. The Hall–Kier alpha value is -3.14. The molecule has 0 atom stereocenters. The summed E-state index contributed by atoms with van der Waals surface area (Å²) in [5.74, 6) is 0.783. The molecule has 3 aromatic rings. The lowest BCUT2D eigenvalue weighted by molar-refractivity contribution is -0.384. The minimum atomic E-state index is -0.407. The molecule has 0 unspecified atom stereocenters. The van der Waals surface area contributed by atoms with Crippen molar-refractivity contribution < 1.29 is 9.66 Å². The van der Waals surface area contributed by atoms with Gasteiger partial charge >= 0.3 is 0 Å². The zero-order chi connectivity index (χ0) is 16.8. The lowest BCUT2D eigenvalue weighted by atomic mass is 10.1. The average Bonchev–Trinajstić information content (AvgIpc) is 2.62. The molecule has 0 heterocycles. The fourth-order valence-corrected chi connectivity index (χ4v) is 2.42. The number of benzene rings is 3. The highest BCUT2D eigenvalue weighted by Crippen LogP contribution is 2.18. The van der Waals surface area contributed by atoms with Gasteiger partial charge in [0.2, 0.25) is 0 Å². The summed E-state index contributed by atoms with van der Waals surface area (Å²) in [5, 5.41) is 10.6. The van der Waals surface area contributed by atoms with Gasteiger partial charge in [-0.05, 0) is 47.4 Å². The molecule has 0 aromatic heterocycles. The van der Waals surface area contributed by atoms with Crippen molar-refractivity contribution in [2.24, 2.45) is 0 Å². The molecule has 4 heteroatoms. The number of non-ortho nitro benzene ring substituents is 1. The summed E-state index contributed by atoms with van der Waals surface area (Å²) in [6.45, 7) is 0.385. The Kier molecular flexibility index (Phi) is 4.87. The second kappa shape index (κ2) is 7.42. The highest BCUT2D eigenvalue weighted by molar-refractivity contribution is 5.34. The Bertz CT molecular complexity index is 797. The molecule has 0 aliphatic heterocycles. The molecule has 120 valence electrons. The van der Waals surface area contributed by atoms with Crippen LogP contribution in [0.4, 0.5) is 5.69 Å². The van der Waals surface area contributed by atoms with Crippen LogP contribution in [0.5, 0.6) is 5.75 Å². The molecule has 0 spiro atoms. The van der Waals surface area contributed by atoms with Gasteiger partial charge in [-0.15, -0.1) is 0 Å². The van der Waals surface area contributed by atoms with Crippen LogP contribution in [0, 0.1) is 10.1 Å². The number of nitro benzene ring substituents is 1. The van der Waals surface area contributed by atoms with Crippen molar-refractivity contribution in [2.75, 3.05) is 0 Å². The van der Waals surface area contributed by atoms with Crippen molar-refractivity contribution >= 4 is 5.69 Å². The highest BCUT2D eigenvalue weighted by atomic mass is 16.6. The largest absolute Gasteiger partial charge is 0.489 e. The predicted octanol–water partition coefficient (Wildman–Crippen LogP) is 4.76. The maximum absolute atomic E-state index is 10.6. The number of hydrogen-bond acceptors (Lipinski definition) is 3. The normalized spacial score (nSPS) is 10.3. The minimum Gasteiger partial charge on any atom is -0.489 e. The number of hydrogen-bond donors (Lipinski definition) is 0. The van der Waals surface area contributed by atoms with E-state index in [0.29, 0.717) is 6.61 Å². The predicted molar refractivity (Wildman–Crippen MR) is 93.1 cm³/mol. The molecule has 0 aliphatic carbocycles. The molecule has 3 rings (SSSR count). The molecule has 0 aliphatic rings. The monoisotopic (exact) mass is 319 g/mol. The maximum Gasteiger partial charge on any atom is 0.269 e. The van der Waals surface area contributed by atoms with Gasteiger partial charge in [-0.3, -0.25) is 10.1 Å². The van der Waals surface area contributed by atoms with E-state index in [-0.39, 0.29) is 5.69 Å². The van der Waals surface area contributed by atoms with Crippen LogP contribution in [0.3, 0.4) is 0 Å². The van der Waals surface area contributed by atoms with Gasteiger partial charge in [0.15, 0.2) is 0 Å². The van der Waals surface area contributed by atoms with Gasteiger partial charge in [-0.1, -0.05) is 42.5 Å². The van der Waals surface area contributed by atoms with Gasteiger partial charge in [0.1, 0.15) is 12.4 Å². The van der Waals surface area contributed by atoms with Gasteiger partial charge in [0.25, 0.3) is 5.69 Å². The second-order valence-electron chi connectivity index (χ2n) is 5.52. The van der Waals surface area contributed by atoms with Gasteiger partial charge in [0.05, 0.1) is 4.92 Å². The Labute approximate surface area is 140 Å². The molecule has 0 radical (unpaired) electrons. The van der Waals surface area contributed by atoms with Crippen LogP contribution in [-0.4, -0.2) is 4.92 Å². The Morgan fingerprint density at radius 1 is 0.750 bits per heavy atom. The molecule has 0 saturated heterocycles. The Balaban J connectivity index is 1.57. The summed E-state index contributed by atoms with van der Waals surface area (Å²) in [5.41, 5.74) is 3.49. The fraction of sp³-hybridized carbons (Fsp3) is 0.100. The maximum atomic E-state index is 10.6. The third kappa shape index (κ3) is 4.20. The first-order chi connectivity index (χ1) is 11.7. The molecule has 0 bridgehead atoms. The van der Waals surface area contributed by atoms with E-state index in [0.717, 1.165) is 17.7 Å². The number of nitro groups is 1. The summed E-state index contributed by atoms with van der Waals surface area (Å²) in [7, 11) is 0. The first-order valence-corrected chi connectivity index (χ1v) is 7.70. The molecule has 3 aromatic carbocycles. The van der Waals surface area contributed by atoms with Crippen molar-refractivity contribution in [2.45, 2.75) is 13.0 Å². The lowest BCUT2D eigenvalue weighted by Gasteiger charge is -2.07. The topological polar surface area (TPSA) is 52.4 Å². The zero-order valence-electron chi connectivity index (χ0n) is 13.1. The van der Waals surface area contributed by atoms with E-state index in [1.165, 1.54) is 23.3 Å². The van der Waals surface area contributed by atoms with E-state index in [2.05, 4.69) is 24.3 Å². The quantitative estimate of drug-likeness (QED) is 0.486. The van der Waals surface area contributed by atoms with Crippen LogP contribution in [0.25, 0.3) is 0 Å². The summed E-state index contributed by atoms with van der Waals surface area (Å²) >= 11 is 0. The lowest BCUT2D eigenvalue weighted by Crippen LogP contribution is -1.96. The van der Waals surface area contributed by atoms with E-state index in [1.807, 2.05) is 30.3 Å². The van der Waals surface area contributed by atoms with Crippen molar-refractivity contribution in [3.8, 4) is 5.75 Å². The molecule has 4 nitrogen and oxygen atoms in total. The zero-order valence-corrected chi connectivity index (χ0v) is 13.1. The van der Waals surface area contributed by atoms with Crippen LogP contribution in [0.2, 0.25) is 0 Å². The van der Waals surface area contributed by atoms with E-state index >= 15 is 0 Å². The van der Waals surface area contributed by atoms with Crippen molar-refractivity contribution in [1.82, 2.24) is 0 Å². The van der Waals surface area contributed by atoms with Crippen LogP contribution < -0.4 is 4.74 Å². The molecular weight excluding hydrogens is 302 g/mol. The molecule has 0 N–H and O–H groups in total. The van der Waals surface area contributed by atoms with E-state index in [9.17, 15) is 10.1 Å². The third-order valence-corrected chi connectivity index (χ3v) is 3.73. The standard InChI is InChI=1S/C20H17NO3/c22-21(23)19-10-6-18(7-11-19)15-24-20-12-8-17(9-13-20)14-16-4-2-1-3-5-16/h1-13H,14-15H2. The first kappa shape index (κ1) is 15.7. The molecular formula is C20H17NO3. The van der Waals surface area contributed by atoms with E-state index in [1.54, 1.807) is 12.1 Å². The number of nitrogens with zero attached hydrogens (tertiary/aromatic N) is 1. The van der Waals surface area contributed by atoms with Crippen LogP contribution in [0.1, 0.15) is 16.7 Å². The van der Waals surface area contributed by atoms with Gasteiger partial charge < -0.3 is 4.74 Å². The molecule has 0 fully saturated rings. The van der Waals surface area contributed by atoms with E-state index in [4.69, 9.17) is 4.74 Å². The SMILES string of the molecule is O=[N+]([O-])c1ccc(COc2ccc(Cc3ccccc3)cc2)cc1. The van der Waals surface area contributed by atoms with Crippen LogP contribution in [-0.2, 0) is 13.0 Å².